The molecule has 0 saturated carbocycles. The van der Waals surface area contributed by atoms with Crippen LogP contribution in [-0.2, 0) is 10.0 Å². The topological polar surface area (TPSA) is 49.4 Å². The maximum Gasteiger partial charge on any atom is 0.241 e. The average molecular weight is 361 g/mol. The Morgan fingerprint density at radius 1 is 0.880 bits per heavy atom. The monoisotopic (exact) mass is 360 g/mol. The summed E-state index contributed by atoms with van der Waals surface area (Å²) in [6.45, 7) is 4.21. The van der Waals surface area contributed by atoms with Crippen molar-refractivity contribution in [2.45, 2.75) is 43.4 Å². The number of sulfonamides is 1. The number of nitrogens with one attached hydrogen (secondary N) is 1. The summed E-state index contributed by atoms with van der Waals surface area (Å²) in [6, 6.07) is 13.0. The molecule has 1 N–H and O–H groups in total. The molecule has 1 saturated heterocycles. The highest BCUT2D eigenvalue weighted by Crippen LogP contribution is 2.22. The second kappa shape index (κ2) is 8.79. The first-order valence-electron chi connectivity index (χ1n) is 9.37. The van der Waals surface area contributed by atoms with Crippen molar-refractivity contribution in [1.29, 1.82) is 0 Å². The lowest BCUT2D eigenvalue weighted by molar-refractivity contribution is 0.328. The van der Waals surface area contributed by atoms with E-state index in [0.29, 0.717) is 11.4 Å². The lowest BCUT2D eigenvalue weighted by Gasteiger charge is -2.13. The van der Waals surface area contributed by atoms with Gasteiger partial charge in [0.2, 0.25) is 10.0 Å². The van der Waals surface area contributed by atoms with Crippen molar-refractivity contribution in [3.05, 3.63) is 42.5 Å². The number of rotatable bonds is 9. The number of hydrogen-bond donors (Lipinski definition) is 1. The van der Waals surface area contributed by atoms with E-state index < -0.39 is 10.0 Å². The summed E-state index contributed by atoms with van der Waals surface area (Å²) in [4.78, 5) is 2.91. The Bertz CT molecular complexity index is 778. The lowest BCUT2D eigenvalue weighted by Crippen LogP contribution is -2.25. The van der Waals surface area contributed by atoms with Crippen LogP contribution in [0.25, 0.3) is 10.8 Å². The van der Waals surface area contributed by atoms with E-state index in [1.54, 1.807) is 12.1 Å². The Balaban J connectivity index is 1.44. The fourth-order valence-electron chi connectivity index (χ4n) is 3.53. The van der Waals surface area contributed by atoms with Crippen LogP contribution in [0.2, 0.25) is 0 Å². The summed E-state index contributed by atoms with van der Waals surface area (Å²) in [7, 11) is -3.45. The van der Waals surface area contributed by atoms with Crippen molar-refractivity contribution in [3.63, 3.8) is 0 Å². The van der Waals surface area contributed by atoms with Gasteiger partial charge in [-0.2, -0.15) is 0 Å². The molecule has 2 aromatic carbocycles. The predicted octanol–water partition coefficient (Wildman–Crippen LogP) is 3.77. The number of nitrogens with zero attached hydrogens (tertiary/aromatic N) is 1. The molecule has 0 atom stereocenters. The van der Waals surface area contributed by atoms with Crippen LogP contribution in [0, 0.1) is 0 Å². The molecule has 5 heteroatoms. The highest BCUT2D eigenvalue weighted by molar-refractivity contribution is 7.89. The summed E-state index contributed by atoms with van der Waals surface area (Å²) in [6.07, 6.45) is 7.05. The summed E-state index contributed by atoms with van der Waals surface area (Å²) in [5.41, 5.74) is 0. The van der Waals surface area contributed by atoms with E-state index in [9.17, 15) is 8.42 Å². The molecule has 0 radical (unpaired) electrons. The van der Waals surface area contributed by atoms with Gasteiger partial charge in [0.15, 0.2) is 0 Å². The summed E-state index contributed by atoms with van der Waals surface area (Å²) < 4.78 is 27.9. The molecule has 0 aromatic heterocycles. The number of fused-ring (bicyclic) bond motifs is 1. The van der Waals surface area contributed by atoms with Gasteiger partial charge < -0.3 is 4.90 Å². The van der Waals surface area contributed by atoms with E-state index in [1.807, 2.05) is 30.3 Å². The van der Waals surface area contributed by atoms with Crippen LogP contribution in [-0.4, -0.2) is 39.5 Å². The maximum absolute atomic E-state index is 12.6. The van der Waals surface area contributed by atoms with E-state index >= 15 is 0 Å². The van der Waals surface area contributed by atoms with Gasteiger partial charge in [0.1, 0.15) is 0 Å². The van der Waals surface area contributed by atoms with Gasteiger partial charge in [0, 0.05) is 11.9 Å². The molecule has 1 aliphatic rings. The van der Waals surface area contributed by atoms with Gasteiger partial charge in [0.25, 0.3) is 0 Å². The molecule has 1 aliphatic heterocycles. The number of unbranched alkanes of at least 4 members (excludes halogenated alkanes) is 3. The molecule has 1 heterocycles. The molecule has 3 rings (SSSR count). The molecule has 2 aromatic rings. The van der Waals surface area contributed by atoms with Crippen LogP contribution in [0.4, 0.5) is 0 Å². The van der Waals surface area contributed by atoms with Crippen molar-refractivity contribution in [3.8, 4) is 0 Å². The third-order valence-electron chi connectivity index (χ3n) is 4.93. The summed E-state index contributed by atoms with van der Waals surface area (Å²) in [5, 5.41) is 1.73. The fourth-order valence-corrected chi connectivity index (χ4v) is 4.84. The van der Waals surface area contributed by atoms with E-state index in [4.69, 9.17) is 0 Å². The van der Waals surface area contributed by atoms with Crippen LogP contribution in [0.3, 0.4) is 0 Å². The van der Waals surface area contributed by atoms with Crippen LogP contribution in [0.15, 0.2) is 47.4 Å². The molecule has 1 fully saturated rings. The number of likely N-dealkylation sites (tertiary alicyclic amines) is 1. The summed E-state index contributed by atoms with van der Waals surface area (Å²) in [5.74, 6) is 0. The molecule has 0 amide bonds. The first-order valence-corrected chi connectivity index (χ1v) is 10.8. The highest BCUT2D eigenvalue weighted by Gasteiger charge is 2.16. The Kier molecular flexibility index (Phi) is 6.45. The Morgan fingerprint density at radius 3 is 2.44 bits per heavy atom. The largest absolute Gasteiger partial charge is 0.303 e. The van der Waals surface area contributed by atoms with E-state index in [0.717, 1.165) is 23.6 Å². The first-order chi connectivity index (χ1) is 12.2. The zero-order chi connectivity index (χ0) is 17.5. The molecule has 25 heavy (non-hydrogen) atoms. The van der Waals surface area contributed by atoms with Gasteiger partial charge in [0.05, 0.1) is 4.90 Å². The van der Waals surface area contributed by atoms with Gasteiger partial charge in [-0.3, -0.25) is 0 Å². The van der Waals surface area contributed by atoms with Gasteiger partial charge in [-0.15, -0.1) is 0 Å². The zero-order valence-corrected chi connectivity index (χ0v) is 15.6. The Labute approximate surface area is 151 Å². The minimum atomic E-state index is -3.45. The quantitative estimate of drug-likeness (QED) is 0.693. The van der Waals surface area contributed by atoms with E-state index in [1.165, 1.54) is 45.3 Å². The van der Waals surface area contributed by atoms with Crippen molar-refractivity contribution in [2.75, 3.05) is 26.2 Å². The van der Waals surface area contributed by atoms with Crippen LogP contribution in [0.1, 0.15) is 38.5 Å². The molecule has 4 nitrogen and oxygen atoms in total. The minimum Gasteiger partial charge on any atom is -0.303 e. The van der Waals surface area contributed by atoms with Gasteiger partial charge in [-0.1, -0.05) is 49.2 Å². The van der Waals surface area contributed by atoms with Crippen molar-refractivity contribution in [2.24, 2.45) is 0 Å². The second-order valence-corrected chi connectivity index (χ2v) is 8.57. The van der Waals surface area contributed by atoms with Crippen LogP contribution < -0.4 is 4.72 Å². The molecule has 0 aliphatic carbocycles. The highest BCUT2D eigenvalue weighted by atomic mass is 32.2. The van der Waals surface area contributed by atoms with Gasteiger partial charge in [-0.05, 0) is 56.8 Å². The van der Waals surface area contributed by atoms with Crippen LogP contribution in [0.5, 0.6) is 0 Å². The van der Waals surface area contributed by atoms with Crippen molar-refractivity contribution < 1.29 is 8.42 Å². The SMILES string of the molecule is O=S(=O)(NCCCCCCN1CCCC1)c1cccc2ccccc12. The fraction of sp³-hybridized carbons (Fsp3) is 0.500. The predicted molar refractivity (Wildman–Crippen MR) is 103 cm³/mol. The number of hydrogen-bond acceptors (Lipinski definition) is 3. The van der Waals surface area contributed by atoms with Crippen molar-refractivity contribution in [1.82, 2.24) is 9.62 Å². The molecule has 0 unspecified atom stereocenters. The molecule has 0 bridgehead atoms. The molecule has 0 spiro atoms. The molecular formula is C20H28N2O2S. The molecule has 136 valence electrons. The standard InChI is InChI=1S/C20H28N2O2S/c23-25(24,20-13-9-11-18-10-3-4-12-19(18)20)21-14-5-1-2-6-15-22-16-7-8-17-22/h3-4,9-13,21H,1-2,5-8,14-17H2. The van der Waals surface area contributed by atoms with Crippen molar-refractivity contribution >= 4 is 20.8 Å². The first kappa shape index (κ1) is 18.4. The molecular weight excluding hydrogens is 332 g/mol. The van der Waals surface area contributed by atoms with E-state index in [2.05, 4.69) is 9.62 Å². The smallest absolute Gasteiger partial charge is 0.241 e. The lowest BCUT2D eigenvalue weighted by atomic mass is 10.1. The average Bonchev–Trinajstić information content (AvgIpc) is 3.14. The third kappa shape index (κ3) is 5.03. The normalized spacial score (nSPS) is 15.8. The Hall–Kier alpha value is -1.43. The second-order valence-electron chi connectivity index (χ2n) is 6.84. The van der Waals surface area contributed by atoms with Gasteiger partial charge >= 0.3 is 0 Å². The van der Waals surface area contributed by atoms with E-state index in [-0.39, 0.29) is 0 Å². The van der Waals surface area contributed by atoms with Gasteiger partial charge in [-0.25, -0.2) is 13.1 Å². The third-order valence-corrected chi connectivity index (χ3v) is 6.45. The summed E-state index contributed by atoms with van der Waals surface area (Å²) >= 11 is 0. The minimum absolute atomic E-state index is 0.375. The maximum atomic E-state index is 12.6. The number of benzene rings is 2. The van der Waals surface area contributed by atoms with Crippen LogP contribution >= 0.6 is 0 Å². The zero-order valence-electron chi connectivity index (χ0n) is 14.8. The Morgan fingerprint density at radius 2 is 1.60 bits per heavy atom.